The van der Waals surface area contributed by atoms with Crippen molar-refractivity contribution in [3.8, 4) is 0 Å². The first-order valence-corrected chi connectivity index (χ1v) is 10.7. The Morgan fingerprint density at radius 1 is 1.13 bits per heavy atom. The molecule has 7 heteroatoms. The van der Waals surface area contributed by atoms with Gasteiger partial charge in [-0.05, 0) is 49.2 Å². The maximum atomic E-state index is 13.0. The third kappa shape index (κ3) is 3.67. The second-order valence-electron chi connectivity index (χ2n) is 8.08. The summed E-state index contributed by atoms with van der Waals surface area (Å²) < 4.78 is 6.03. The fourth-order valence-electron chi connectivity index (χ4n) is 4.23. The molecule has 154 valence electrons. The Kier molecular flexibility index (Phi) is 4.95. The van der Waals surface area contributed by atoms with Crippen molar-refractivity contribution >= 4 is 39.6 Å². The van der Waals surface area contributed by atoms with Crippen LogP contribution in [0.1, 0.15) is 60.1 Å². The third-order valence-corrected chi connectivity index (χ3v) is 6.07. The predicted molar refractivity (Wildman–Crippen MR) is 117 cm³/mol. The van der Waals surface area contributed by atoms with Crippen LogP contribution in [0.5, 0.6) is 0 Å². The van der Waals surface area contributed by atoms with E-state index in [4.69, 9.17) is 16.0 Å². The molecule has 1 fully saturated rings. The van der Waals surface area contributed by atoms with E-state index in [9.17, 15) is 4.79 Å². The van der Waals surface area contributed by atoms with Crippen LogP contribution in [0.4, 0.5) is 0 Å². The van der Waals surface area contributed by atoms with E-state index in [1.807, 2.05) is 24.3 Å². The summed E-state index contributed by atoms with van der Waals surface area (Å²) in [7, 11) is 1.76. The number of nitrogens with one attached hydrogen (secondary N) is 1. The third-order valence-electron chi connectivity index (χ3n) is 5.83. The Hall–Kier alpha value is -2.86. The van der Waals surface area contributed by atoms with Crippen LogP contribution in [0.2, 0.25) is 5.02 Å². The number of hydrogen-bond acceptors (Lipinski definition) is 4. The quantitative estimate of drug-likeness (QED) is 0.459. The summed E-state index contributed by atoms with van der Waals surface area (Å²) in [5.41, 5.74) is 3.75. The molecule has 1 aliphatic rings. The molecular formula is C23H23ClN4O2. The standard InChI is InChI=1S/C23H23ClN4O2/c1-28(13-21-25-17-10-8-16(24)12-19(17)26-21)23(29)15-7-9-18-20(11-15)30-22(27-18)14-5-3-2-4-6-14/h7-12,14H,2-6,13H2,1H3,(H,25,26). The van der Waals surface area contributed by atoms with E-state index in [0.717, 1.165) is 35.3 Å². The lowest BCUT2D eigenvalue weighted by atomic mass is 9.89. The van der Waals surface area contributed by atoms with Crippen molar-refractivity contribution in [2.75, 3.05) is 7.05 Å². The van der Waals surface area contributed by atoms with Crippen LogP contribution in [0.25, 0.3) is 22.1 Å². The number of aromatic amines is 1. The summed E-state index contributed by atoms with van der Waals surface area (Å²) >= 11 is 6.04. The molecule has 0 saturated heterocycles. The van der Waals surface area contributed by atoms with Gasteiger partial charge in [-0.15, -0.1) is 0 Å². The smallest absolute Gasteiger partial charge is 0.254 e. The molecule has 2 aromatic heterocycles. The molecule has 0 radical (unpaired) electrons. The van der Waals surface area contributed by atoms with Gasteiger partial charge in [-0.2, -0.15) is 0 Å². The van der Waals surface area contributed by atoms with E-state index in [1.165, 1.54) is 19.3 Å². The molecule has 5 rings (SSSR count). The number of hydrogen-bond donors (Lipinski definition) is 1. The van der Waals surface area contributed by atoms with Crippen molar-refractivity contribution in [1.82, 2.24) is 19.9 Å². The van der Waals surface area contributed by atoms with Crippen molar-refractivity contribution in [1.29, 1.82) is 0 Å². The molecule has 0 aliphatic heterocycles. The average molecular weight is 423 g/mol. The summed E-state index contributed by atoms with van der Waals surface area (Å²) in [5.74, 6) is 1.83. The molecule has 0 spiro atoms. The molecule has 2 aromatic carbocycles. The molecule has 1 aliphatic carbocycles. The molecular weight excluding hydrogens is 400 g/mol. The number of rotatable bonds is 4. The van der Waals surface area contributed by atoms with Crippen molar-refractivity contribution in [2.45, 2.75) is 44.6 Å². The number of carbonyl (C=O) groups is 1. The van der Waals surface area contributed by atoms with Gasteiger partial charge in [0.15, 0.2) is 11.5 Å². The normalized spacial score (nSPS) is 15.1. The van der Waals surface area contributed by atoms with Gasteiger partial charge in [0.1, 0.15) is 11.3 Å². The number of nitrogens with zero attached hydrogens (tertiary/aromatic N) is 3. The molecule has 1 saturated carbocycles. The molecule has 4 aromatic rings. The van der Waals surface area contributed by atoms with Crippen LogP contribution in [-0.4, -0.2) is 32.8 Å². The highest BCUT2D eigenvalue weighted by molar-refractivity contribution is 6.31. The van der Waals surface area contributed by atoms with Crippen molar-refractivity contribution in [2.24, 2.45) is 0 Å². The van der Waals surface area contributed by atoms with E-state index in [0.29, 0.717) is 34.5 Å². The van der Waals surface area contributed by atoms with Crippen LogP contribution in [0.15, 0.2) is 40.8 Å². The molecule has 0 atom stereocenters. The van der Waals surface area contributed by atoms with Gasteiger partial charge in [0, 0.05) is 23.6 Å². The van der Waals surface area contributed by atoms with E-state index >= 15 is 0 Å². The van der Waals surface area contributed by atoms with Crippen LogP contribution in [0, 0.1) is 0 Å². The average Bonchev–Trinajstić information content (AvgIpc) is 3.36. The summed E-state index contributed by atoms with van der Waals surface area (Å²) in [5, 5.41) is 0.648. The maximum absolute atomic E-state index is 13.0. The first-order valence-electron chi connectivity index (χ1n) is 10.4. The molecule has 6 nitrogen and oxygen atoms in total. The number of benzene rings is 2. The van der Waals surface area contributed by atoms with Crippen LogP contribution in [0.3, 0.4) is 0 Å². The van der Waals surface area contributed by atoms with Crippen molar-refractivity contribution in [3.05, 3.63) is 58.7 Å². The number of amides is 1. The van der Waals surface area contributed by atoms with Crippen LogP contribution in [-0.2, 0) is 6.54 Å². The molecule has 0 bridgehead atoms. The van der Waals surface area contributed by atoms with E-state index in [-0.39, 0.29) is 5.91 Å². The second kappa shape index (κ2) is 7.76. The summed E-state index contributed by atoms with van der Waals surface area (Å²) in [6.45, 7) is 0.368. The summed E-state index contributed by atoms with van der Waals surface area (Å²) in [6, 6.07) is 11.0. The first-order chi connectivity index (χ1) is 14.6. The molecule has 2 heterocycles. The van der Waals surface area contributed by atoms with Gasteiger partial charge in [0.05, 0.1) is 17.6 Å². The van der Waals surface area contributed by atoms with Crippen molar-refractivity contribution in [3.63, 3.8) is 0 Å². The highest BCUT2D eigenvalue weighted by Gasteiger charge is 2.22. The number of fused-ring (bicyclic) bond motifs is 2. The zero-order valence-corrected chi connectivity index (χ0v) is 17.6. The second-order valence-corrected chi connectivity index (χ2v) is 8.51. The summed E-state index contributed by atoms with van der Waals surface area (Å²) in [4.78, 5) is 27.0. The largest absolute Gasteiger partial charge is 0.440 e. The predicted octanol–water partition coefficient (Wildman–Crippen LogP) is 5.68. The minimum atomic E-state index is -0.0917. The lowest BCUT2D eigenvalue weighted by Crippen LogP contribution is -2.26. The van der Waals surface area contributed by atoms with Gasteiger partial charge in [0.2, 0.25) is 0 Å². The Bertz CT molecular complexity index is 1220. The fraction of sp³-hybridized carbons (Fsp3) is 0.348. The van der Waals surface area contributed by atoms with E-state index in [1.54, 1.807) is 24.1 Å². The molecule has 1 amide bonds. The van der Waals surface area contributed by atoms with Gasteiger partial charge in [0.25, 0.3) is 5.91 Å². The van der Waals surface area contributed by atoms with E-state index < -0.39 is 0 Å². The van der Waals surface area contributed by atoms with Crippen LogP contribution < -0.4 is 0 Å². The van der Waals surface area contributed by atoms with E-state index in [2.05, 4.69) is 15.0 Å². The van der Waals surface area contributed by atoms with Gasteiger partial charge in [-0.3, -0.25) is 4.79 Å². The fourth-order valence-corrected chi connectivity index (χ4v) is 4.40. The monoisotopic (exact) mass is 422 g/mol. The molecule has 1 N–H and O–H groups in total. The number of halogens is 1. The zero-order chi connectivity index (χ0) is 20.7. The Morgan fingerprint density at radius 3 is 2.77 bits per heavy atom. The van der Waals surface area contributed by atoms with Crippen LogP contribution >= 0.6 is 11.6 Å². The SMILES string of the molecule is CN(Cc1nc2ccc(Cl)cc2[nH]1)C(=O)c1ccc2nc(C3CCCCC3)oc2c1. The zero-order valence-electron chi connectivity index (χ0n) is 16.8. The number of H-pyrrole nitrogens is 1. The van der Waals surface area contributed by atoms with Gasteiger partial charge in [-0.25, -0.2) is 9.97 Å². The number of aromatic nitrogens is 3. The minimum absolute atomic E-state index is 0.0917. The number of imidazole rings is 1. The topological polar surface area (TPSA) is 75.0 Å². The number of oxazole rings is 1. The molecule has 0 unspecified atom stereocenters. The lowest BCUT2D eigenvalue weighted by molar-refractivity contribution is 0.0782. The van der Waals surface area contributed by atoms with Gasteiger partial charge < -0.3 is 14.3 Å². The highest BCUT2D eigenvalue weighted by atomic mass is 35.5. The van der Waals surface area contributed by atoms with Crippen molar-refractivity contribution < 1.29 is 9.21 Å². The summed E-state index contributed by atoms with van der Waals surface area (Å²) in [6.07, 6.45) is 6.01. The number of carbonyl (C=O) groups excluding carboxylic acids is 1. The first kappa shape index (κ1) is 19.1. The lowest BCUT2D eigenvalue weighted by Gasteiger charge is -2.17. The highest BCUT2D eigenvalue weighted by Crippen LogP contribution is 2.34. The maximum Gasteiger partial charge on any atom is 0.254 e. The minimum Gasteiger partial charge on any atom is -0.440 e. The van der Waals surface area contributed by atoms with Gasteiger partial charge >= 0.3 is 0 Å². The Labute approximate surface area is 179 Å². The molecule has 30 heavy (non-hydrogen) atoms. The Balaban J connectivity index is 1.34. The Morgan fingerprint density at radius 2 is 1.93 bits per heavy atom. The van der Waals surface area contributed by atoms with Gasteiger partial charge in [-0.1, -0.05) is 30.9 Å².